The third-order valence-corrected chi connectivity index (χ3v) is 8.96. The Balaban J connectivity index is 1.21. The summed E-state index contributed by atoms with van der Waals surface area (Å²) in [4.78, 5) is 36.9. The number of hydroxylamine groups is 2. The lowest BCUT2D eigenvalue weighted by Gasteiger charge is -2.42. The van der Waals surface area contributed by atoms with Crippen LogP contribution in [0, 0.1) is 5.92 Å². The van der Waals surface area contributed by atoms with E-state index in [1.165, 1.54) is 12.1 Å². The molecule has 11 heteroatoms. The van der Waals surface area contributed by atoms with E-state index in [1.807, 2.05) is 28.2 Å². The van der Waals surface area contributed by atoms with Crippen LogP contribution in [0.1, 0.15) is 49.3 Å². The molecule has 0 bridgehead atoms. The number of alkyl halides is 3. The molecule has 3 amide bonds. The van der Waals surface area contributed by atoms with Crippen LogP contribution in [0.4, 0.5) is 18.0 Å². The lowest BCUT2D eigenvalue weighted by Crippen LogP contribution is -2.52. The van der Waals surface area contributed by atoms with Crippen molar-refractivity contribution in [3.63, 3.8) is 0 Å². The molecule has 3 fully saturated rings. The molecule has 8 nitrogen and oxygen atoms in total. The zero-order valence-electron chi connectivity index (χ0n) is 25.1. The van der Waals surface area contributed by atoms with Crippen molar-refractivity contribution in [2.24, 2.45) is 5.92 Å². The molecule has 3 saturated heterocycles. The minimum atomic E-state index is -4.40. The number of piperidine rings is 1. The number of benzene rings is 2. The Kier molecular flexibility index (Phi) is 9.97. The van der Waals surface area contributed by atoms with Gasteiger partial charge in [0.2, 0.25) is 0 Å². The van der Waals surface area contributed by atoms with Crippen molar-refractivity contribution >= 4 is 11.9 Å². The van der Waals surface area contributed by atoms with Gasteiger partial charge in [-0.15, -0.1) is 6.58 Å². The Bertz CT molecular complexity index is 1280. The molecule has 0 unspecified atom stereocenters. The fourth-order valence-corrected chi connectivity index (χ4v) is 6.50. The van der Waals surface area contributed by atoms with Crippen molar-refractivity contribution in [1.29, 1.82) is 0 Å². The molecule has 3 heterocycles. The molecule has 0 saturated carbocycles. The van der Waals surface area contributed by atoms with Gasteiger partial charge in [-0.25, -0.2) is 4.79 Å². The molecule has 44 heavy (non-hydrogen) atoms. The summed E-state index contributed by atoms with van der Waals surface area (Å²) in [6.45, 7) is 9.20. The molecule has 3 atom stereocenters. The zero-order chi connectivity index (χ0) is 31.3. The maximum atomic E-state index is 13.3. The maximum Gasteiger partial charge on any atom is 0.416 e. The van der Waals surface area contributed by atoms with Crippen molar-refractivity contribution in [2.75, 3.05) is 39.3 Å². The summed E-state index contributed by atoms with van der Waals surface area (Å²) in [5, 5.41) is 4.81. The van der Waals surface area contributed by atoms with Gasteiger partial charge in [-0.1, -0.05) is 55.5 Å². The van der Waals surface area contributed by atoms with Crippen LogP contribution >= 0.6 is 0 Å². The van der Waals surface area contributed by atoms with Gasteiger partial charge in [-0.2, -0.15) is 18.2 Å². The van der Waals surface area contributed by atoms with E-state index in [0.717, 1.165) is 30.5 Å². The molecule has 3 aliphatic heterocycles. The number of amides is 3. The molecule has 2 aromatic rings. The Morgan fingerprint density at radius 3 is 2.43 bits per heavy atom. The van der Waals surface area contributed by atoms with Gasteiger partial charge in [-0.05, 0) is 48.9 Å². The van der Waals surface area contributed by atoms with E-state index in [-0.39, 0.29) is 36.5 Å². The van der Waals surface area contributed by atoms with Gasteiger partial charge in [-0.3, -0.25) is 9.63 Å². The van der Waals surface area contributed by atoms with Crippen LogP contribution in [0.25, 0.3) is 0 Å². The van der Waals surface area contributed by atoms with Crippen molar-refractivity contribution in [3.05, 3.63) is 83.9 Å². The van der Waals surface area contributed by atoms with Crippen LogP contribution < -0.4 is 5.32 Å². The van der Waals surface area contributed by atoms with Gasteiger partial charge in [0.1, 0.15) is 11.7 Å². The Hall–Kier alpha value is -3.41. The first kappa shape index (κ1) is 32.0. The summed E-state index contributed by atoms with van der Waals surface area (Å²) in [5.41, 5.74) is 0.172. The third kappa shape index (κ3) is 7.11. The normalized spacial score (nSPS) is 24.8. The summed E-state index contributed by atoms with van der Waals surface area (Å²) in [6, 6.07) is 14.5. The molecule has 0 radical (unpaired) electrons. The summed E-state index contributed by atoms with van der Waals surface area (Å²) >= 11 is 0. The average molecular weight is 615 g/mol. The van der Waals surface area contributed by atoms with E-state index in [4.69, 9.17) is 9.57 Å². The largest absolute Gasteiger partial charge is 0.416 e. The summed E-state index contributed by atoms with van der Waals surface area (Å²) in [5.74, 6) is 0.0676. The lowest BCUT2D eigenvalue weighted by atomic mass is 9.85. The van der Waals surface area contributed by atoms with E-state index in [9.17, 15) is 22.8 Å². The average Bonchev–Trinajstić information content (AvgIpc) is 3.68. The third-order valence-electron chi connectivity index (χ3n) is 8.96. The maximum absolute atomic E-state index is 13.3. The van der Waals surface area contributed by atoms with Crippen LogP contribution in [-0.4, -0.2) is 78.3 Å². The molecule has 0 spiro atoms. The summed E-state index contributed by atoms with van der Waals surface area (Å²) in [7, 11) is 0. The van der Waals surface area contributed by atoms with Crippen LogP contribution in [0.5, 0.6) is 0 Å². The Morgan fingerprint density at radius 2 is 1.82 bits per heavy atom. The molecule has 0 aromatic heterocycles. The van der Waals surface area contributed by atoms with Gasteiger partial charge >= 0.3 is 12.2 Å². The van der Waals surface area contributed by atoms with Crippen molar-refractivity contribution in [2.45, 2.75) is 63.1 Å². The molecule has 5 rings (SSSR count). The van der Waals surface area contributed by atoms with E-state index < -0.39 is 17.3 Å². The second kappa shape index (κ2) is 13.7. The minimum absolute atomic E-state index is 0.0249. The van der Waals surface area contributed by atoms with Gasteiger partial charge < -0.3 is 19.9 Å². The number of nitrogens with zero attached hydrogens (tertiary/aromatic N) is 3. The number of carbonyl (C=O) groups is 2. The monoisotopic (exact) mass is 614 g/mol. The second-order valence-corrected chi connectivity index (χ2v) is 11.9. The number of ether oxygens (including phenoxy) is 1. The number of nitrogens with one attached hydrogen (secondary N) is 1. The number of halogens is 3. The fourth-order valence-electron chi connectivity index (χ4n) is 6.50. The molecule has 2 aromatic carbocycles. The van der Waals surface area contributed by atoms with E-state index >= 15 is 0 Å². The highest BCUT2D eigenvalue weighted by Gasteiger charge is 2.51. The highest BCUT2D eigenvalue weighted by molar-refractivity contribution is 5.81. The quantitative estimate of drug-likeness (QED) is 0.386. The molecular formula is C33H41F3N4O4. The molecule has 0 aliphatic carbocycles. The number of urea groups is 1. The summed E-state index contributed by atoms with van der Waals surface area (Å²) in [6.07, 6.45) is -0.144. The van der Waals surface area contributed by atoms with Gasteiger partial charge in [0.05, 0.1) is 12.1 Å². The topological polar surface area (TPSA) is 74.4 Å². The van der Waals surface area contributed by atoms with Crippen LogP contribution in [-0.2, 0) is 32.7 Å². The van der Waals surface area contributed by atoms with Crippen LogP contribution in [0.2, 0.25) is 0 Å². The number of carbonyl (C=O) groups excluding carboxylic acids is 2. The predicted molar refractivity (Wildman–Crippen MR) is 159 cm³/mol. The van der Waals surface area contributed by atoms with E-state index in [2.05, 4.69) is 31.0 Å². The first-order valence-electron chi connectivity index (χ1n) is 15.3. The smallest absolute Gasteiger partial charge is 0.368 e. The molecule has 1 N–H and O–H groups in total. The fraction of sp³-hybridized carbons (Fsp3) is 0.515. The standard InChI is InChI=1S/C33H41F3N4O4/c1-3-17-40(31(42)37-21-25-11-13-27(14-12-25)33(34,35)36)28-15-18-39(19-16-28)44-32(26-8-5-4-6-9-26)23-38(22-24(32)2)30(41)29-10-7-20-43-29/h3-6,8-9,11-14,24,28-29H,1,7,10,15-23H2,2H3,(H,37,42)/t24-,29-,32+/m0/s1. The molecule has 3 aliphatic rings. The van der Waals surface area contributed by atoms with Gasteiger partial charge in [0.15, 0.2) is 0 Å². The first-order valence-corrected chi connectivity index (χ1v) is 15.3. The molecule has 238 valence electrons. The van der Waals surface area contributed by atoms with Crippen molar-refractivity contribution < 1.29 is 32.3 Å². The first-order chi connectivity index (χ1) is 21.1. The SMILES string of the molecule is C=CCN(C(=O)NCc1ccc(C(F)(F)F)cc1)C1CCN(O[C@]2(c3ccccc3)CN(C(=O)[C@@H]3CCCO3)C[C@@H]2C)CC1. The number of likely N-dealkylation sites (tertiary alicyclic amines) is 1. The van der Waals surface area contributed by atoms with Crippen LogP contribution in [0.15, 0.2) is 67.3 Å². The van der Waals surface area contributed by atoms with Crippen molar-refractivity contribution in [1.82, 2.24) is 20.2 Å². The number of hydrogen-bond acceptors (Lipinski definition) is 5. The van der Waals surface area contributed by atoms with E-state index in [0.29, 0.717) is 57.7 Å². The summed E-state index contributed by atoms with van der Waals surface area (Å²) < 4.78 is 44.4. The Labute approximate surface area is 256 Å². The zero-order valence-corrected chi connectivity index (χ0v) is 25.1. The van der Waals surface area contributed by atoms with Gasteiger partial charge in [0.25, 0.3) is 5.91 Å². The number of rotatable bonds is 9. The van der Waals surface area contributed by atoms with E-state index in [1.54, 1.807) is 11.0 Å². The molecular weight excluding hydrogens is 573 g/mol. The highest BCUT2D eigenvalue weighted by Crippen LogP contribution is 2.42. The highest BCUT2D eigenvalue weighted by atomic mass is 19.4. The minimum Gasteiger partial charge on any atom is -0.368 e. The van der Waals surface area contributed by atoms with Crippen molar-refractivity contribution in [3.8, 4) is 0 Å². The predicted octanol–water partition coefficient (Wildman–Crippen LogP) is 5.35. The van der Waals surface area contributed by atoms with Gasteiger partial charge in [0, 0.05) is 51.3 Å². The van der Waals surface area contributed by atoms with Crippen LogP contribution in [0.3, 0.4) is 0 Å². The Morgan fingerprint density at radius 1 is 1.11 bits per heavy atom. The second-order valence-electron chi connectivity index (χ2n) is 11.9. The number of hydrogen-bond donors (Lipinski definition) is 1. The lowest BCUT2D eigenvalue weighted by molar-refractivity contribution is -0.268.